The lowest BCUT2D eigenvalue weighted by Crippen LogP contribution is -2.38. The van der Waals surface area contributed by atoms with E-state index in [2.05, 4.69) is 10.2 Å². The lowest BCUT2D eigenvalue weighted by molar-refractivity contribution is 0.0374. The molecule has 2 aromatic carbocycles. The molecule has 4 heterocycles. The standard InChI is InChI=1S/C35H42N4O5S/c1-35(2,3)45(42)39-23-27-21-28(34(41)36-13-7-14-38-15-18-43-19-16-38)37-33(32(27)29(39)12-17-40)26-10-6-9-24(20-26)31-22-25-8-4-5-11-30(25)44-31/h4-6,8-11,20-22,29,40H,7,12-19,23H2,1-3H3,(H,36,41)/t29-,45?/m0/s1. The molecule has 1 unspecified atom stereocenters. The molecule has 1 amide bonds. The van der Waals surface area contributed by atoms with E-state index in [9.17, 15) is 14.1 Å². The second-order valence-corrected chi connectivity index (χ2v) is 14.9. The maximum absolute atomic E-state index is 13.7. The lowest BCUT2D eigenvalue weighted by Gasteiger charge is -2.30. The Kier molecular flexibility index (Phi) is 9.49. The molecule has 10 heteroatoms. The van der Waals surface area contributed by atoms with E-state index in [1.54, 1.807) is 0 Å². The van der Waals surface area contributed by atoms with Crippen LogP contribution in [0.2, 0.25) is 0 Å². The highest BCUT2D eigenvalue weighted by Crippen LogP contribution is 2.44. The summed E-state index contributed by atoms with van der Waals surface area (Å²) in [6, 6.07) is 19.4. The van der Waals surface area contributed by atoms with Gasteiger partial charge in [0.2, 0.25) is 0 Å². The Morgan fingerprint density at radius 3 is 2.60 bits per heavy atom. The van der Waals surface area contributed by atoms with Crippen molar-refractivity contribution in [2.75, 3.05) is 46.0 Å². The molecule has 1 saturated heterocycles. The molecular weight excluding hydrogens is 588 g/mol. The zero-order valence-corrected chi connectivity index (χ0v) is 27.1. The second kappa shape index (κ2) is 13.5. The molecule has 238 valence electrons. The zero-order chi connectivity index (χ0) is 31.6. The Balaban J connectivity index is 1.35. The van der Waals surface area contributed by atoms with Gasteiger partial charge in [0.25, 0.3) is 5.91 Å². The smallest absolute Gasteiger partial charge is 0.269 e. The highest BCUT2D eigenvalue weighted by atomic mass is 32.2. The van der Waals surface area contributed by atoms with E-state index >= 15 is 0 Å². The molecule has 2 aromatic heterocycles. The Hall–Kier alpha value is -3.41. The molecule has 1 fully saturated rings. The molecule has 45 heavy (non-hydrogen) atoms. The second-order valence-electron chi connectivity index (χ2n) is 12.7. The van der Waals surface area contributed by atoms with Gasteiger partial charge in [0.05, 0.1) is 29.7 Å². The van der Waals surface area contributed by atoms with Crippen LogP contribution in [0, 0.1) is 0 Å². The fraction of sp³-hybridized carbons (Fsp3) is 0.429. The van der Waals surface area contributed by atoms with Crippen LogP contribution in [-0.2, 0) is 22.3 Å². The van der Waals surface area contributed by atoms with Crippen LogP contribution in [0.3, 0.4) is 0 Å². The van der Waals surface area contributed by atoms with E-state index in [0.717, 1.165) is 78.3 Å². The molecule has 0 spiro atoms. The number of rotatable bonds is 10. The zero-order valence-electron chi connectivity index (χ0n) is 26.3. The number of morpholine rings is 1. The van der Waals surface area contributed by atoms with Gasteiger partial charge < -0.3 is 19.6 Å². The van der Waals surface area contributed by atoms with E-state index in [-0.39, 0.29) is 18.6 Å². The van der Waals surface area contributed by atoms with Crippen molar-refractivity contribution in [2.45, 2.75) is 50.9 Å². The van der Waals surface area contributed by atoms with Crippen LogP contribution in [0.25, 0.3) is 33.6 Å². The third-order valence-corrected chi connectivity index (χ3v) is 10.3. The van der Waals surface area contributed by atoms with Crippen LogP contribution in [0.1, 0.15) is 61.3 Å². The van der Waals surface area contributed by atoms with Gasteiger partial charge in [-0.05, 0) is 70.0 Å². The van der Waals surface area contributed by atoms with E-state index in [1.165, 1.54) is 0 Å². The SMILES string of the molecule is CC(C)(C)S(=O)N1Cc2cc(C(=O)NCCCN3CCOCC3)nc(-c3cccc(-c4cc5ccccc5o4)c3)c2[C@@H]1CCO. The number of ether oxygens (including phenoxy) is 1. The number of nitrogens with zero attached hydrogens (tertiary/aromatic N) is 3. The number of hydrogen-bond acceptors (Lipinski definition) is 7. The third kappa shape index (κ3) is 6.90. The number of fused-ring (bicyclic) bond motifs is 2. The van der Waals surface area contributed by atoms with Crippen molar-refractivity contribution in [2.24, 2.45) is 0 Å². The molecule has 0 aliphatic carbocycles. The van der Waals surface area contributed by atoms with Crippen molar-refractivity contribution >= 4 is 27.9 Å². The molecule has 0 radical (unpaired) electrons. The largest absolute Gasteiger partial charge is 0.456 e. The number of amides is 1. The number of aliphatic hydroxyl groups is 1. The number of nitrogens with one attached hydrogen (secondary N) is 1. The minimum atomic E-state index is -1.34. The topological polar surface area (TPSA) is 108 Å². The van der Waals surface area contributed by atoms with Crippen molar-refractivity contribution in [1.82, 2.24) is 19.5 Å². The number of carbonyl (C=O) groups excluding carboxylic acids is 1. The first-order valence-electron chi connectivity index (χ1n) is 15.7. The van der Waals surface area contributed by atoms with Crippen molar-refractivity contribution in [3.8, 4) is 22.6 Å². The molecule has 2 aliphatic heterocycles. The molecule has 2 atom stereocenters. The molecule has 0 saturated carbocycles. The molecular formula is C35H42N4O5S. The van der Waals surface area contributed by atoms with Crippen molar-refractivity contribution in [3.05, 3.63) is 77.5 Å². The highest BCUT2D eigenvalue weighted by Gasteiger charge is 2.40. The van der Waals surface area contributed by atoms with Crippen LogP contribution >= 0.6 is 0 Å². The van der Waals surface area contributed by atoms with Crippen LogP contribution in [0.5, 0.6) is 0 Å². The Morgan fingerprint density at radius 2 is 1.84 bits per heavy atom. The fourth-order valence-corrected chi connectivity index (χ4v) is 7.57. The first-order chi connectivity index (χ1) is 21.7. The predicted molar refractivity (Wildman–Crippen MR) is 177 cm³/mol. The normalized spacial score (nSPS) is 18.3. The quantitative estimate of drug-likeness (QED) is 0.229. The summed E-state index contributed by atoms with van der Waals surface area (Å²) in [4.78, 5) is 20.8. The Bertz CT molecular complexity index is 1660. The van der Waals surface area contributed by atoms with Gasteiger partial charge in [0.15, 0.2) is 0 Å². The van der Waals surface area contributed by atoms with Gasteiger partial charge in [-0.1, -0.05) is 36.4 Å². The molecule has 4 aromatic rings. The first kappa shape index (κ1) is 31.6. The van der Waals surface area contributed by atoms with Crippen LogP contribution in [0.4, 0.5) is 0 Å². The summed E-state index contributed by atoms with van der Waals surface area (Å²) in [6.45, 7) is 11.0. The summed E-state index contributed by atoms with van der Waals surface area (Å²) < 4.78 is 26.8. The minimum Gasteiger partial charge on any atom is -0.456 e. The summed E-state index contributed by atoms with van der Waals surface area (Å²) in [7, 11) is -1.34. The Morgan fingerprint density at radius 1 is 1.07 bits per heavy atom. The number of aliphatic hydroxyl groups excluding tert-OH is 1. The summed E-state index contributed by atoms with van der Waals surface area (Å²) in [5.41, 5.74) is 5.34. The van der Waals surface area contributed by atoms with Crippen molar-refractivity contribution in [3.63, 3.8) is 0 Å². The van der Waals surface area contributed by atoms with E-state index in [4.69, 9.17) is 14.1 Å². The highest BCUT2D eigenvalue weighted by molar-refractivity contribution is 7.84. The fourth-order valence-electron chi connectivity index (χ4n) is 6.17. The number of aromatic nitrogens is 1. The molecule has 6 rings (SSSR count). The van der Waals surface area contributed by atoms with Crippen LogP contribution in [-0.4, -0.2) is 80.2 Å². The van der Waals surface area contributed by atoms with Gasteiger partial charge in [0, 0.05) is 54.9 Å². The maximum Gasteiger partial charge on any atom is 0.269 e. The molecule has 9 nitrogen and oxygen atoms in total. The number of carbonyl (C=O) groups is 1. The molecule has 0 bridgehead atoms. The first-order valence-corrected chi connectivity index (χ1v) is 16.8. The number of benzene rings is 2. The van der Waals surface area contributed by atoms with Gasteiger partial charge >= 0.3 is 0 Å². The molecule has 2 N–H and O–H groups in total. The number of pyridine rings is 1. The number of furan rings is 1. The average Bonchev–Trinajstić information content (AvgIpc) is 3.64. The third-order valence-electron chi connectivity index (χ3n) is 8.41. The average molecular weight is 631 g/mol. The van der Waals surface area contributed by atoms with Gasteiger partial charge in [-0.15, -0.1) is 0 Å². The summed E-state index contributed by atoms with van der Waals surface area (Å²) in [6.07, 6.45) is 1.24. The van der Waals surface area contributed by atoms with Gasteiger partial charge in [-0.3, -0.25) is 9.69 Å². The monoisotopic (exact) mass is 630 g/mol. The minimum absolute atomic E-state index is 0.0637. The van der Waals surface area contributed by atoms with E-state index in [1.807, 2.05) is 85.7 Å². The summed E-state index contributed by atoms with van der Waals surface area (Å²) >= 11 is 0. The van der Waals surface area contributed by atoms with Crippen LogP contribution in [0.15, 0.2) is 65.1 Å². The summed E-state index contributed by atoms with van der Waals surface area (Å²) in [5, 5.41) is 14.2. The molecule has 2 aliphatic rings. The Labute approximate surface area is 267 Å². The van der Waals surface area contributed by atoms with E-state index in [0.29, 0.717) is 30.9 Å². The van der Waals surface area contributed by atoms with Gasteiger partial charge in [0.1, 0.15) is 28.0 Å². The van der Waals surface area contributed by atoms with Crippen molar-refractivity contribution in [1.29, 1.82) is 0 Å². The predicted octanol–water partition coefficient (Wildman–Crippen LogP) is 5.32. The van der Waals surface area contributed by atoms with Gasteiger partial charge in [-0.2, -0.15) is 0 Å². The maximum atomic E-state index is 13.7. The summed E-state index contributed by atoms with van der Waals surface area (Å²) in [5.74, 6) is 0.509. The van der Waals surface area contributed by atoms with Crippen LogP contribution < -0.4 is 5.32 Å². The number of hydrogen-bond donors (Lipinski definition) is 2. The van der Waals surface area contributed by atoms with E-state index < -0.39 is 15.7 Å². The van der Waals surface area contributed by atoms with Gasteiger partial charge in [-0.25, -0.2) is 13.5 Å². The lowest BCUT2D eigenvalue weighted by atomic mass is 9.95. The number of para-hydroxylation sites is 1. The van der Waals surface area contributed by atoms with Crippen molar-refractivity contribution < 1.29 is 23.3 Å².